The van der Waals surface area contributed by atoms with E-state index in [2.05, 4.69) is 41.3 Å². The fourth-order valence-corrected chi connectivity index (χ4v) is 12.5. The molecule has 1 aliphatic rings. The van der Waals surface area contributed by atoms with Crippen molar-refractivity contribution in [3.8, 4) is 0 Å². The first-order chi connectivity index (χ1) is 37.1. The van der Waals surface area contributed by atoms with Gasteiger partial charge in [-0.2, -0.15) is 4.31 Å². The third-order valence-corrected chi connectivity index (χ3v) is 17.5. The van der Waals surface area contributed by atoms with E-state index in [1.807, 2.05) is 0 Å². The average molecular weight is 1190 g/mol. The number of hydrogen-bond acceptors (Lipinski definition) is 18. The molecular formula is C50H92N7O17P3S. The van der Waals surface area contributed by atoms with Crippen molar-refractivity contribution in [2.45, 2.75) is 231 Å². The number of carbonyl (C=O) groups is 3. The molecule has 2 amide bonds. The third-order valence-electron chi connectivity index (χ3n) is 13.5. The van der Waals surface area contributed by atoms with Gasteiger partial charge in [0.2, 0.25) is 11.8 Å². The van der Waals surface area contributed by atoms with E-state index in [1.165, 1.54) is 162 Å². The number of nitrogens with zero attached hydrogens (tertiary/aromatic N) is 4. The Hall–Kier alpha value is -2.44. The van der Waals surface area contributed by atoms with Gasteiger partial charge in [-0.3, -0.25) is 32.5 Å². The molecular weight excluding hydrogens is 1100 g/mol. The number of aromatic nitrogens is 4. The Balaban J connectivity index is 1.17. The van der Waals surface area contributed by atoms with Gasteiger partial charge in [0.1, 0.15) is 36.3 Å². The Bertz CT molecular complexity index is 2190. The molecule has 2 aromatic heterocycles. The molecule has 1 aliphatic heterocycles. The number of unbranched alkanes of at least 4 members (excludes halogenated alkanes) is 25. The highest BCUT2D eigenvalue weighted by Crippen LogP contribution is 2.61. The van der Waals surface area contributed by atoms with Crippen molar-refractivity contribution in [2.75, 3.05) is 37.8 Å². The maximum atomic E-state index is 12.8. The van der Waals surface area contributed by atoms with Gasteiger partial charge < -0.3 is 50.9 Å². The number of aliphatic hydroxyl groups excluding tert-OH is 2. The number of rotatable bonds is 46. The number of ether oxygens (including phenoxy) is 1. The summed E-state index contributed by atoms with van der Waals surface area (Å²) < 4.78 is 62.6. The van der Waals surface area contributed by atoms with Gasteiger partial charge >= 0.3 is 23.5 Å². The smallest absolute Gasteiger partial charge is 0.386 e. The average Bonchev–Trinajstić information content (AvgIpc) is 4.07. The number of phosphoric ester groups is 3. The zero-order valence-electron chi connectivity index (χ0n) is 46.2. The zero-order valence-corrected chi connectivity index (χ0v) is 49.7. The first-order valence-corrected chi connectivity index (χ1v) is 33.6. The monoisotopic (exact) mass is 1190 g/mol. The largest absolute Gasteiger partial charge is 0.481 e. The first kappa shape index (κ1) is 69.8. The van der Waals surface area contributed by atoms with Gasteiger partial charge in [-0.25, -0.2) is 28.6 Å². The van der Waals surface area contributed by atoms with E-state index in [0.717, 1.165) is 48.2 Å². The van der Waals surface area contributed by atoms with Gasteiger partial charge in [-0.1, -0.05) is 193 Å². The van der Waals surface area contributed by atoms with Crippen LogP contribution in [0, 0.1) is 5.41 Å². The lowest BCUT2D eigenvalue weighted by Crippen LogP contribution is -2.46. The lowest BCUT2D eigenvalue weighted by molar-refractivity contribution is -0.137. The number of fused-ring (bicyclic) bond motifs is 1. The van der Waals surface area contributed by atoms with Gasteiger partial charge in [-0.05, 0) is 6.42 Å². The summed E-state index contributed by atoms with van der Waals surface area (Å²) in [7, 11) is -16.4. The SMILES string of the molecule is CCCCCCCCCCCCCCCCCCCCCCCCCCCCC(=O)SCCNC(=O)CCNC(=O)C(O)C(C)(C)COP(=O)(O)OP(=O)(O)OCC1OC(n2cnc3c(N)ncnc32)C(O)C1OP(=O)(O)O. The second-order valence-corrected chi connectivity index (χ2v) is 26.3. The van der Waals surface area contributed by atoms with Crippen LogP contribution in [0.4, 0.5) is 5.82 Å². The van der Waals surface area contributed by atoms with Crippen LogP contribution in [0.5, 0.6) is 0 Å². The normalized spacial score (nSPS) is 18.9. The highest BCUT2D eigenvalue weighted by molar-refractivity contribution is 8.13. The molecule has 78 heavy (non-hydrogen) atoms. The van der Waals surface area contributed by atoms with Gasteiger partial charge in [-0.15, -0.1) is 0 Å². The van der Waals surface area contributed by atoms with Crippen LogP contribution in [0.25, 0.3) is 11.2 Å². The number of phosphoric acid groups is 3. The summed E-state index contributed by atoms with van der Waals surface area (Å²) in [6.07, 6.45) is 28.1. The van der Waals surface area contributed by atoms with Crippen LogP contribution in [0.15, 0.2) is 12.7 Å². The number of thioether (sulfide) groups is 1. The van der Waals surface area contributed by atoms with Crippen LogP contribution in [-0.4, -0.2) is 123 Å². The Morgan fingerprint density at radius 1 is 0.731 bits per heavy atom. The molecule has 0 bridgehead atoms. The third kappa shape index (κ3) is 29.0. The number of nitrogens with two attached hydrogens (primary N) is 1. The predicted octanol–water partition coefficient (Wildman–Crippen LogP) is 9.22. The molecule has 0 saturated carbocycles. The number of hydrogen-bond donors (Lipinski definition) is 9. The van der Waals surface area contributed by atoms with Crippen LogP contribution in [0.1, 0.15) is 207 Å². The molecule has 3 heterocycles. The summed E-state index contributed by atoms with van der Waals surface area (Å²) in [4.78, 5) is 88.7. The van der Waals surface area contributed by atoms with Crippen molar-refractivity contribution in [1.82, 2.24) is 30.2 Å². The molecule has 10 N–H and O–H groups in total. The lowest BCUT2D eigenvalue weighted by Gasteiger charge is -2.30. The molecule has 0 spiro atoms. The van der Waals surface area contributed by atoms with E-state index in [9.17, 15) is 57.9 Å². The van der Waals surface area contributed by atoms with Gasteiger partial charge in [0, 0.05) is 37.1 Å². The minimum atomic E-state index is -5.58. The van der Waals surface area contributed by atoms with E-state index in [0.29, 0.717) is 12.2 Å². The highest BCUT2D eigenvalue weighted by atomic mass is 32.2. The van der Waals surface area contributed by atoms with Crippen LogP contribution < -0.4 is 16.4 Å². The zero-order chi connectivity index (χ0) is 57.5. The van der Waals surface area contributed by atoms with Gasteiger partial charge in [0.15, 0.2) is 22.8 Å². The minimum absolute atomic E-state index is 0.0350. The molecule has 0 aromatic carbocycles. The fourth-order valence-electron chi connectivity index (χ4n) is 8.95. The topological polar surface area (TPSA) is 364 Å². The molecule has 7 unspecified atom stereocenters. The summed E-state index contributed by atoms with van der Waals surface area (Å²) in [6.45, 7) is 2.87. The van der Waals surface area contributed by atoms with Crippen LogP contribution >= 0.6 is 35.2 Å². The molecule has 1 saturated heterocycles. The Labute approximate surface area is 465 Å². The molecule has 2 aromatic rings. The van der Waals surface area contributed by atoms with Crippen LogP contribution in [0.2, 0.25) is 0 Å². The maximum absolute atomic E-state index is 12.8. The Morgan fingerprint density at radius 3 is 1.74 bits per heavy atom. The molecule has 24 nitrogen and oxygen atoms in total. The summed E-state index contributed by atoms with van der Waals surface area (Å²) >= 11 is 1.16. The highest BCUT2D eigenvalue weighted by Gasteiger charge is 2.50. The minimum Gasteiger partial charge on any atom is -0.386 e. The maximum Gasteiger partial charge on any atom is 0.481 e. The van der Waals surface area contributed by atoms with Crippen LogP contribution in [0.3, 0.4) is 0 Å². The summed E-state index contributed by atoms with van der Waals surface area (Å²) in [5, 5.41) is 26.8. The van der Waals surface area contributed by atoms with E-state index in [4.69, 9.17) is 19.5 Å². The first-order valence-electron chi connectivity index (χ1n) is 28.1. The second kappa shape index (κ2) is 37.6. The van der Waals surface area contributed by atoms with Crippen molar-refractivity contribution in [1.29, 1.82) is 0 Å². The molecule has 0 aliphatic carbocycles. The molecule has 7 atom stereocenters. The Morgan fingerprint density at radius 2 is 1.23 bits per heavy atom. The number of imidazole rings is 1. The lowest BCUT2D eigenvalue weighted by atomic mass is 9.87. The molecule has 450 valence electrons. The number of nitrogens with one attached hydrogen (secondary N) is 2. The second-order valence-electron chi connectivity index (χ2n) is 20.9. The number of aliphatic hydroxyl groups is 2. The fraction of sp³-hybridized carbons (Fsp3) is 0.840. The number of carbonyl (C=O) groups excluding carboxylic acids is 3. The van der Waals surface area contributed by atoms with Crippen molar-refractivity contribution in [3.63, 3.8) is 0 Å². The van der Waals surface area contributed by atoms with Crippen molar-refractivity contribution < 1.29 is 80.5 Å². The molecule has 0 radical (unpaired) electrons. The van der Waals surface area contributed by atoms with E-state index in [1.54, 1.807) is 0 Å². The van der Waals surface area contributed by atoms with Crippen molar-refractivity contribution in [2.24, 2.45) is 5.41 Å². The van der Waals surface area contributed by atoms with Crippen molar-refractivity contribution >= 4 is 69.1 Å². The van der Waals surface area contributed by atoms with E-state index >= 15 is 0 Å². The number of anilines is 1. The number of nitrogen functional groups attached to an aromatic ring is 1. The Kier molecular flexibility index (Phi) is 33.7. The molecule has 28 heteroatoms. The van der Waals surface area contributed by atoms with E-state index in [-0.39, 0.29) is 41.6 Å². The van der Waals surface area contributed by atoms with Gasteiger partial charge in [0.25, 0.3) is 0 Å². The number of amides is 2. The summed E-state index contributed by atoms with van der Waals surface area (Å²) in [6, 6.07) is 0. The van der Waals surface area contributed by atoms with Crippen LogP contribution in [-0.2, 0) is 50.7 Å². The summed E-state index contributed by atoms with van der Waals surface area (Å²) in [5.41, 5.74) is 4.30. The summed E-state index contributed by atoms with van der Waals surface area (Å²) in [5.74, 6) is -1.01. The standard InChI is InChI=1S/C50H92N7O17P3S/c1-4-5-6-7-8-9-10-11-12-13-14-15-16-17-18-19-20-21-22-23-24-25-26-27-28-29-30-41(59)78-34-33-52-40(58)31-32-53-48(62)45(61)50(2,3)36-71-77(68,69)74-76(66,67)70-35-39-44(73-75(63,64)65)43(60)49(72-39)57-38-56-42-46(51)54-37-55-47(42)57/h37-39,43-45,49,60-61H,4-36H2,1-3H3,(H,52,58)(H,53,62)(H,66,67)(H,68,69)(H2,51,54,55)(H2,63,64,65). The van der Waals surface area contributed by atoms with Gasteiger partial charge in [0.05, 0.1) is 19.5 Å². The predicted molar refractivity (Wildman–Crippen MR) is 297 cm³/mol. The molecule has 3 rings (SSSR count). The van der Waals surface area contributed by atoms with E-state index < -0.39 is 84.6 Å². The molecule has 1 fully saturated rings. The quantitative estimate of drug-likeness (QED) is 0.0220. The van der Waals surface area contributed by atoms with Crippen molar-refractivity contribution in [3.05, 3.63) is 12.7 Å².